The minimum Gasteiger partial charge on any atom is -0.481 e. The van der Waals surface area contributed by atoms with Crippen molar-refractivity contribution in [2.75, 3.05) is 0 Å². The number of hydrogen-bond acceptors (Lipinski definition) is 6. The van der Waals surface area contributed by atoms with Gasteiger partial charge in [0.1, 0.15) is 0 Å². The first-order valence-corrected chi connectivity index (χ1v) is 8.25. The smallest absolute Gasteiger partial charge is 0.314 e. The third-order valence-electron chi connectivity index (χ3n) is 4.71. The van der Waals surface area contributed by atoms with Crippen molar-refractivity contribution in [3.8, 4) is 0 Å². The summed E-state index contributed by atoms with van der Waals surface area (Å²) in [5.41, 5.74) is -0.972. The molecule has 26 heavy (non-hydrogen) atoms. The quantitative estimate of drug-likeness (QED) is 0.349. The van der Waals surface area contributed by atoms with Crippen LogP contribution in [0.15, 0.2) is 21.7 Å². The molecule has 0 saturated heterocycles. The molecule has 3 rings (SSSR count). The number of aromatic amines is 2. The molecule has 1 fully saturated rings. The van der Waals surface area contributed by atoms with E-state index in [0.29, 0.717) is 23.9 Å². The first-order chi connectivity index (χ1) is 12.3. The standard InChI is InChI=1S/C16H18N4O6/c21-14-15(22)19-13-9(5-11(20(25)26)6-12(13)18-14)7-17-10-3-1-2-8(4-10)16(23)24/h5-6,8,10,17H,1-4,7H2,(H,18,21)(H,19,22)(H,23,24). The highest BCUT2D eigenvalue weighted by atomic mass is 16.6. The van der Waals surface area contributed by atoms with Gasteiger partial charge in [0.15, 0.2) is 0 Å². The molecule has 1 aliphatic carbocycles. The van der Waals surface area contributed by atoms with Crippen LogP contribution >= 0.6 is 0 Å². The molecule has 1 aromatic heterocycles. The summed E-state index contributed by atoms with van der Waals surface area (Å²) in [6.45, 7) is 0.206. The molecular weight excluding hydrogens is 344 g/mol. The average molecular weight is 362 g/mol. The Balaban J connectivity index is 1.90. The molecule has 0 spiro atoms. The van der Waals surface area contributed by atoms with Crippen molar-refractivity contribution in [2.45, 2.75) is 38.3 Å². The van der Waals surface area contributed by atoms with Gasteiger partial charge in [-0.2, -0.15) is 0 Å². The van der Waals surface area contributed by atoms with Gasteiger partial charge in [0.05, 0.1) is 21.9 Å². The van der Waals surface area contributed by atoms with Crippen molar-refractivity contribution in [1.29, 1.82) is 0 Å². The molecule has 0 amide bonds. The number of carboxylic acids is 1. The van der Waals surface area contributed by atoms with Gasteiger partial charge in [0.25, 0.3) is 5.69 Å². The van der Waals surface area contributed by atoms with E-state index >= 15 is 0 Å². The summed E-state index contributed by atoms with van der Waals surface area (Å²) >= 11 is 0. The van der Waals surface area contributed by atoms with Crippen molar-refractivity contribution in [1.82, 2.24) is 15.3 Å². The monoisotopic (exact) mass is 362 g/mol. The molecule has 2 aromatic rings. The van der Waals surface area contributed by atoms with Gasteiger partial charge in [-0.1, -0.05) is 6.42 Å². The average Bonchev–Trinajstić information content (AvgIpc) is 2.60. The second-order valence-corrected chi connectivity index (χ2v) is 6.47. The first-order valence-electron chi connectivity index (χ1n) is 8.25. The van der Waals surface area contributed by atoms with Gasteiger partial charge in [0.2, 0.25) is 0 Å². The largest absolute Gasteiger partial charge is 0.481 e. The molecule has 2 unspecified atom stereocenters. The van der Waals surface area contributed by atoms with E-state index < -0.39 is 27.9 Å². The van der Waals surface area contributed by atoms with E-state index in [1.165, 1.54) is 12.1 Å². The Hall–Kier alpha value is -3.01. The summed E-state index contributed by atoms with van der Waals surface area (Å²) in [7, 11) is 0. The van der Waals surface area contributed by atoms with Crippen molar-refractivity contribution in [3.63, 3.8) is 0 Å². The normalized spacial score (nSPS) is 20.2. The summed E-state index contributed by atoms with van der Waals surface area (Å²) in [6, 6.07) is 2.49. The Morgan fingerprint density at radius 2 is 2.00 bits per heavy atom. The highest BCUT2D eigenvalue weighted by Gasteiger charge is 2.26. The highest BCUT2D eigenvalue weighted by molar-refractivity contribution is 5.80. The second-order valence-electron chi connectivity index (χ2n) is 6.47. The molecule has 0 radical (unpaired) electrons. The van der Waals surface area contributed by atoms with Gasteiger partial charge < -0.3 is 20.4 Å². The Morgan fingerprint density at radius 3 is 2.69 bits per heavy atom. The number of H-pyrrole nitrogens is 2. The van der Waals surface area contributed by atoms with Gasteiger partial charge in [0, 0.05) is 24.7 Å². The number of rotatable bonds is 5. The van der Waals surface area contributed by atoms with Crippen LogP contribution in [0.1, 0.15) is 31.2 Å². The summed E-state index contributed by atoms with van der Waals surface area (Å²) in [4.78, 5) is 49.6. The van der Waals surface area contributed by atoms with Crippen molar-refractivity contribution in [2.24, 2.45) is 5.92 Å². The minimum atomic E-state index is -0.881. The van der Waals surface area contributed by atoms with Crippen LogP contribution in [-0.2, 0) is 11.3 Å². The highest BCUT2D eigenvalue weighted by Crippen LogP contribution is 2.26. The zero-order valence-electron chi connectivity index (χ0n) is 13.8. The number of non-ortho nitro benzene ring substituents is 1. The van der Waals surface area contributed by atoms with Gasteiger partial charge in [-0.3, -0.25) is 24.5 Å². The van der Waals surface area contributed by atoms with Crippen molar-refractivity contribution < 1.29 is 14.8 Å². The number of nitrogens with zero attached hydrogens (tertiary/aromatic N) is 1. The zero-order chi connectivity index (χ0) is 18.8. The van der Waals surface area contributed by atoms with E-state index in [4.69, 9.17) is 5.11 Å². The van der Waals surface area contributed by atoms with E-state index in [-0.39, 0.29) is 23.8 Å². The number of aliphatic carboxylic acids is 1. The maximum atomic E-state index is 11.6. The second kappa shape index (κ2) is 7.08. The number of nitro benzene ring substituents is 1. The predicted molar refractivity (Wildman–Crippen MR) is 92.1 cm³/mol. The van der Waals surface area contributed by atoms with Gasteiger partial charge >= 0.3 is 17.1 Å². The molecule has 4 N–H and O–H groups in total. The topological polar surface area (TPSA) is 158 Å². The fourth-order valence-corrected chi connectivity index (χ4v) is 3.38. The van der Waals surface area contributed by atoms with Crippen LogP contribution in [0.5, 0.6) is 0 Å². The molecule has 1 saturated carbocycles. The SMILES string of the molecule is O=C(O)C1CCCC(NCc2cc([N+](=O)[O-])cc3[nH]c(=O)c(=O)[nH]c23)C1. The van der Waals surface area contributed by atoms with Crippen molar-refractivity contribution >= 4 is 22.7 Å². The zero-order valence-corrected chi connectivity index (χ0v) is 13.8. The van der Waals surface area contributed by atoms with Crippen LogP contribution in [0.3, 0.4) is 0 Å². The van der Waals surface area contributed by atoms with Crippen LogP contribution < -0.4 is 16.4 Å². The molecule has 10 heteroatoms. The molecular formula is C16H18N4O6. The lowest BCUT2D eigenvalue weighted by Gasteiger charge is -2.27. The molecule has 2 atom stereocenters. The Morgan fingerprint density at radius 1 is 1.27 bits per heavy atom. The Labute approximate surface area is 146 Å². The molecule has 1 aromatic carbocycles. The van der Waals surface area contributed by atoms with Crippen LogP contribution in [0.4, 0.5) is 5.69 Å². The predicted octanol–water partition coefficient (Wildman–Crippen LogP) is 0.858. The Bertz CT molecular complexity index is 979. The van der Waals surface area contributed by atoms with Gasteiger partial charge in [-0.15, -0.1) is 0 Å². The fraction of sp³-hybridized carbons (Fsp3) is 0.438. The number of nitrogens with one attached hydrogen (secondary N) is 3. The number of carboxylic acid groups (broad SMARTS) is 1. The lowest BCUT2D eigenvalue weighted by molar-refractivity contribution is -0.384. The first kappa shape index (κ1) is 17.8. The minimum absolute atomic E-state index is 0.0337. The van der Waals surface area contributed by atoms with Crippen molar-refractivity contribution in [3.05, 3.63) is 48.5 Å². The number of fused-ring (bicyclic) bond motifs is 1. The number of aromatic nitrogens is 2. The van der Waals surface area contributed by atoms with E-state index in [1.54, 1.807) is 0 Å². The molecule has 10 nitrogen and oxygen atoms in total. The van der Waals surface area contributed by atoms with Crippen LogP contribution in [0, 0.1) is 16.0 Å². The fourth-order valence-electron chi connectivity index (χ4n) is 3.38. The van der Waals surface area contributed by atoms with E-state index in [2.05, 4.69) is 15.3 Å². The number of carbonyl (C=O) groups is 1. The number of hydrogen-bond donors (Lipinski definition) is 4. The lowest BCUT2D eigenvalue weighted by Crippen LogP contribution is -2.36. The van der Waals surface area contributed by atoms with Crippen LogP contribution in [-0.4, -0.2) is 32.0 Å². The summed E-state index contributed by atoms with van der Waals surface area (Å²) in [5, 5.41) is 23.5. The van der Waals surface area contributed by atoms with Gasteiger partial charge in [-0.05, 0) is 24.8 Å². The van der Waals surface area contributed by atoms with E-state index in [1.807, 2.05) is 0 Å². The number of benzene rings is 1. The maximum Gasteiger partial charge on any atom is 0.314 e. The van der Waals surface area contributed by atoms with Crippen LogP contribution in [0.2, 0.25) is 0 Å². The maximum absolute atomic E-state index is 11.6. The van der Waals surface area contributed by atoms with E-state index in [0.717, 1.165) is 12.8 Å². The number of nitro groups is 1. The third-order valence-corrected chi connectivity index (χ3v) is 4.71. The summed E-state index contributed by atoms with van der Waals surface area (Å²) in [6.07, 6.45) is 2.72. The molecule has 0 bridgehead atoms. The summed E-state index contributed by atoms with van der Waals surface area (Å²) in [5.74, 6) is -1.22. The Kier molecular flexibility index (Phi) is 4.85. The van der Waals surface area contributed by atoms with E-state index in [9.17, 15) is 24.5 Å². The third kappa shape index (κ3) is 3.64. The molecule has 1 heterocycles. The molecule has 1 aliphatic rings. The summed E-state index contributed by atoms with van der Waals surface area (Å²) < 4.78 is 0. The molecule has 138 valence electrons. The van der Waals surface area contributed by atoms with Gasteiger partial charge in [-0.25, -0.2) is 0 Å². The lowest BCUT2D eigenvalue weighted by atomic mass is 9.85. The molecule has 0 aliphatic heterocycles. The van der Waals surface area contributed by atoms with Crippen LogP contribution in [0.25, 0.3) is 11.0 Å².